The summed E-state index contributed by atoms with van der Waals surface area (Å²) in [6.45, 7) is 4.23. The number of hydrogen-bond acceptors (Lipinski definition) is 4. The molecule has 0 radical (unpaired) electrons. The van der Waals surface area contributed by atoms with Crippen molar-refractivity contribution in [3.05, 3.63) is 45.8 Å². The van der Waals surface area contributed by atoms with Crippen LogP contribution in [0.1, 0.15) is 30.4 Å². The van der Waals surface area contributed by atoms with Crippen LogP contribution in [0, 0.1) is 6.92 Å². The van der Waals surface area contributed by atoms with Gasteiger partial charge in [0, 0.05) is 4.90 Å². The summed E-state index contributed by atoms with van der Waals surface area (Å²) in [6, 6.07) is 8.43. The second-order valence-corrected chi connectivity index (χ2v) is 6.48. The molecular weight excluding hydrogens is 334 g/mol. The summed E-state index contributed by atoms with van der Waals surface area (Å²) in [5.41, 5.74) is 8.20. The van der Waals surface area contributed by atoms with Crippen LogP contribution in [0.4, 0.5) is 5.82 Å². The number of nitrogen functional groups attached to an aromatic ring is 1. The highest BCUT2D eigenvalue weighted by Gasteiger charge is 2.09. The fourth-order valence-corrected chi connectivity index (χ4v) is 3.13. The molecule has 0 aliphatic carbocycles. The molecule has 2 N–H and O–H groups in total. The first-order chi connectivity index (χ1) is 9.60. The van der Waals surface area contributed by atoms with Crippen molar-refractivity contribution in [1.82, 2.24) is 9.97 Å². The number of nitrogens with two attached hydrogens (primary N) is 1. The van der Waals surface area contributed by atoms with E-state index >= 15 is 0 Å². The molecule has 0 atom stereocenters. The van der Waals surface area contributed by atoms with Gasteiger partial charge in [-0.3, -0.25) is 0 Å². The van der Waals surface area contributed by atoms with Crippen LogP contribution in [0.15, 0.2) is 33.6 Å². The van der Waals surface area contributed by atoms with Crippen molar-refractivity contribution < 1.29 is 0 Å². The summed E-state index contributed by atoms with van der Waals surface area (Å²) in [6.07, 6.45) is 1.95. The summed E-state index contributed by atoms with van der Waals surface area (Å²) in [5, 5.41) is 0. The minimum atomic E-state index is 0.531. The predicted octanol–water partition coefficient (Wildman–Crippen LogP) is 4.37. The molecule has 2 aromatic rings. The summed E-state index contributed by atoms with van der Waals surface area (Å²) in [4.78, 5) is 10.2. The van der Waals surface area contributed by atoms with E-state index in [0.717, 1.165) is 34.6 Å². The molecule has 2 rings (SSSR count). The minimum absolute atomic E-state index is 0.531. The van der Waals surface area contributed by atoms with Crippen LogP contribution in [0.25, 0.3) is 0 Å². The number of halogens is 1. The molecule has 0 saturated heterocycles. The van der Waals surface area contributed by atoms with Gasteiger partial charge in [0.25, 0.3) is 0 Å². The number of nitrogens with zero attached hydrogens (tertiary/aromatic N) is 2. The highest BCUT2D eigenvalue weighted by Crippen LogP contribution is 2.26. The van der Waals surface area contributed by atoms with E-state index in [2.05, 4.69) is 64.0 Å². The summed E-state index contributed by atoms with van der Waals surface area (Å²) >= 11 is 5.20. The third kappa shape index (κ3) is 3.96. The lowest BCUT2D eigenvalue weighted by atomic mass is 10.2. The summed E-state index contributed by atoms with van der Waals surface area (Å²) < 4.78 is 0.837. The Bertz CT molecular complexity index is 602. The molecule has 5 heteroatoms. The van der Waals surface area contributed by atoms with Crippen LogP contribution < -0.4 is 5.73 Å². The largest absolute Gasteiger partial charge is 0.383 e. The van der Waals surface area contributed by atoms with E-state index in [-0.39, 0.29) is 0 Å². The standard InChI is InChI=1S/C15H18BrN3S/c1-3-5-12-14(16)15(17)19-13(18-12)9-20-11-7-4-6-10(2)8-11/h4,6-8H,3,5,9H2,1-2H3,(H2,17,18,19). The first-order valence-electron chi connectivity index (χ1n) is 6.60. The third-order valence-electron chi connectivity index (χ3n) is 2.84. The first-order valence-corrected chi connectivity index (χ1v) is 8.38. The van der Waals surface area contributed by atoms with Gasteiger partial charge in [0.15, 0.2) is 0 Å². The molecule has 1 heterocycles. The van der Waals surface area contributed by atoms with Crippen molar-refractivity contribution in [3.8, 4) is 0 Å². The number of anilines is 1. The SMILES string of the molecule is CCCc1nc(CSc2cccc(C)c2)nc(N)c1Br. The number of aryl methyl sites for hydroxylation is 2. The van der Waals surface area contributed by atoms with Crippen LogP contribution in [-0.4, -0.2) is 9.97 Å². The first kappa shape index (κ1) is 15.3. The lowest BCUT2D eigenvalue weighted by molar-refractivity contribution is 0.848. The average molecular weight is 352 g/mol. The van der Waals surface area contributed by atoms with Crippen LogP contribution in [-0.2, 0) is 12.2 Å². The number of hydrogen-bond donors (Lipinski definition) is 1. The van der Waals surface area contributed by atoms with E-state index in [1.807, 2.05) is 0 Å². The van der Waals surface area contributed by atoms with Crippen molar-refractivity contribution in [2.24, 2.45) is 0 Å². The zero-order valence-corrected chi connectivity index (χ0v) is 14.1. The van der Waals surface area contributed by atoms with Crippen molar-refractivity contribution >= 4 is 33.5 Å². The summed E-state index contributed by atoms with van der Waals surface area (Å²) in [5.74, 6) is 2.06. The van der Waals surface area contributed by atoms with Gasteiger partial charge in [-0.25, -0.2) is 9.97 Å². The van der Waals surface area contributed by atoms with Gasteiger partial charge in [-0.15, -0.1) is 11.8 Å². The Balaban J connectivity index is 2.13. The second kappa shape index (κ2) is 7.09. The maximum Gasteiger partial charge on any atom is 0.141 e. The van der Waals surface area contributed by atoms with Gasteiger partial charge in [-0.05, 0) is 41.4 Å². The van der Waals surface area contributed by atoms with E-state index < -0.39 is 0 Å². The third-order valence-corrected chi connectivity index (χ3v) is 4.69. The smallest absolute Gasteiger partial charge is 0.141 e. The fraction of sp³-hybridized carbons (Fsp3) is 0.333. The molecule has 20 heavy (non-hydrogen) atoms. The van der Waals surface area contributed by atoms with Crippen LogP contribution >= 0.6 is 27.7 Å². The Labute approximate surface area is 132 Å². The van der Waals surface area contributed by atoms with Gasteiger partial charge in [0.05, 0.1) is 15.9 Å². The molecule has 0 fully saturated rings. The van der Waals surface area contributed by atoms with Gasteiger partial charge < -0.3 is 5.73 Å². The molecule has 3 nitrogen and oxygen atoms in total. The topological polar surface area (TPSA) is 51.8 Å². The normalized spacial score (nSPS) is 10.8. The minimum Gasteiger partial charge on any atom is -0.383 e. The number of thioether (sulfide) groups is 1. The van der Waals surface area contributed by atoms with E-state index in [1.165, 1.54) is 10.5 Å². The Kier molecular flexibility index (Phi) is 5.43. The van der Waals surface area contributed by atoms with E-state index in [0.29, 0.717) is 5.82 Å². The maximum atomic E-state index is 5.94. The fourth-order valence-electron chi connectivity index (χ4n) is 1.89. The van der Waals surface area contributed by atoms with Gasteiger partial charge in [-0.1, -0.05) is 31.0 Å². The Morgan fingerprint density at radius 2 is 2.10 bits per heavy atom. The van der Waals surface area contributed by atoms with Crippen molar-refractivity contribution in [2.75, 3.05) is 5.73 Å². The Morgan fingerprint density at radius 3 is 2.80 bits per heavy atom. The molecule has 1 aromatic heterocycles. The Morgan fingerprint density at radius 1 is 1.30 bits per heavy atom. The molecule has 0 aliphatic heterocycles. The van der Waals surface area contributed by atoms with Crippen molar-refractivity contribution in [1.29, 1.82) is 0 Å². The molecule has 1 aromatic carbocycles. The average Bonchev–Trinajstić information content (AvgIpc) is 2.42. The number of rotatable bonds is 5. The van der Waals surface area contributed by atoms with E-state index in [1.54, 1.807) is 11.8 Å². The van der Waals surface area contributed by atoms with Crippen LogP contribution in [0.3, 0.4) is 0 Å². The monoisotopic (exact) mass is 351 g/mol. The highest BCUT2D eigenvalue weighted by atomic mass is 79.9. The molecular formula is C15H18BrN3S. The molecule has 0 amide bonds. The molecule has 0 aliphatic rings. The van der Waals surface area contributed by atoms with Gasteiger partial charge >= 0.3 is 0 Å². The van der Waals surface area contributed by atoms with Crippen LogP contribution in [0.5, 0.6) is 0 Å². The van der Waals surface area contributed by atoms with Crippen molar-refractivity contribution in [2.45, 2.75) is 37.3 Å². The number of benzene rings is 1. The zero-order valence-electron chi connectivity index (χ0n) is 11.7. The lowest BCUT2D eigenvalue weighted by Crippen LogP contribution is -2.04. The Hall–Kier alpha value is -1.07. The van der Waals surface area contributed by atoms with Gasteiger partial charge in [-0.2, -0.15) is 0 Å². The summed E-state index contributed by atoms with van der Waals surface area (Å²) in [7, 11) is 0. The molecule has 0 unspecified atom stereocenters. The zero-order chi connectivity index (χ0) is 14.5. The quantitative estimate of drug-likeness (QED) is 0.812. The van der Waals surface area contributed by atoms with Gasteiger partial charge in [0.2, 0.25) is 0 Å². The van der Waals surface area contributed by atoms with Crippen molar-refractivity contribution in [3.63, 3.8) is 0 Å². The number of aromatic nitrogens is 2. The predicted molar refractivity (Wildman–Crippen MR) is 88.9 cm³/mol. The second-order valence-electron chi connectivity index (χ2n) is 4.64. The van der Waals surface area contributed by atoms with Gasteiger partial charge in [0.1, 0.15) is 11.6 Å². The highest BCUT2D eigenvalue weighted by molar-refractivity contribution is 9.10. The molecule has 106 valence electrons. The van der Waals surface area contributed by atoms with E-state index in [9.17, 15) is 0 Å². The molecule has 0 saturated carbocycles. The maximum absolute atomic E-state index is 5.94. The lowest BCUT2D eigenvalue weighted by Gasteiger charge is -2.08. The van der Waals surface area contributed by atoms with E-state index in [4.69, 9.17) is 5.73 Å². The molecule has 0 bridgehead atoms. The van der Waals surface area contributed by atoms with Crippen LogP contribution in [0.2, 0.25) is 0 Å². The molecule has 0 spiro atoms.